The minimum atomic E-state index is -0.526. The van der Waals surface area contributed by atoms with Crippen LogP contribution in [0.4, 0.5) is 0 Å². The van der Waals surface area contributed by atoms with Crippen LogP contribution in [0, 0.1) is 5.92 Å². The minimum absolute atomic E-state index is 0.275. The van der Waals surface area contributed by atoms with E-state index < -0.39 is 6.10 Å². The van der Waals surface area contributed by atoms with E-state index >= 15 is 0 Å². The molecule has 0 fully saturated rings. The van der Waals surface area contributed by atoms with Crippen LogP contribution in [0.2, 0.25) is 0 Å². The molecule has 4 heteroatoms. The summed E-state index contributed by atoms with van der Waals surface area (Å²) in [5.41, 5.74) is 1.14. The molecular weight excluding hydrogens is 254 g/mol. The summed E-state index contributed by atoms with van der Waals surface area (Å²) in [4.78, 5) is 0. The van der Waals surface area contributed by atoms with Gasteiger partial charge in [-0.25, -0.2) is 0 Å². The Kier molecular flexibility index (Phi) is 6.82. The lowest BCUT2D eigenvalue weighted by Crippen LogP contribution is -2.26. The lowest BCUT2D eigenvalue weighted by Gasteiger charge is -2.19. The van der Waals surface area contributed by atoms with E-state index in [1.165, 1.54) is 0 Å². The van der Waals surface area contributed by atoms with E-state index in [0.717, 1.165) is 18.7 Å². The number of benzene rings is 1. The first-order chi connectivity index (χ1) is 9.43. The highest BCUT2D eigenvalue weighted by molar-refractivity contribution is 5.43. The molecule has 20 heavy (non-hydrogen) atoms. The van der Waals surface area contributed by atoms with Gasteiger partial charge in [0, 0.05) is 6.54 Å². The fourth-order valence-corrected chi connectivity index (χ4v) is 1.73. The monoisotopic (exact) mass is 281 g/mol. The van der Waals surface area contributed by atoms with Gasteiger partial charge in [0.25, 0.3) is 0 Å². The highest BCUT2D eigenvalue weighted by atomic mass is 16.5. The zero-order valence-electron chi connectivity index (χ0n) is 13.1. The van der Waals surface area contributed by atoms with Crippen LogP contribution in [-0.2, 0) is 6.54 Å². The molecule has 0 spiro atoms. The second-order valence-corrected chi connectivity index (χ2v) is 5.57. The fraction of sp³-hybridized carbons (Fsp3) is 0.625. The number of hydrogen-bond donors (Lipinski definition) is 2. The molecular formula is C16H27NO3. The number of ether oxygens (including phenoxy) is 2. The summed E-state index contributed by atoms with van der Waals surface area (Å²) in [5, 5.41) is 12.9. The Hall–Kier alpha value is -1.26. The zero-order valence-corrected chi connectivity index (χ0v) is 13.1. The molecule has 0 saturated heterocycles. The molecule has 0 aliphatic rings. The van der Waals surface area contributed by atoms with Gasteiger partial charge in [0.2, 0.25) is 0 Å². The molecule has 2 atom stereocenters. The molecule has 4 nitrogen and oxygen atoms in total. The molecule has 1 aromatic carbocycles. The number of hydrogen-bond acceptors (Lipinski definition) is 4. The highest BCUT2D eigenvalue weighted by Crippen LogP contribution is 2.29. The molecule has 1 rings (SSSR count). The number of rotatable bonds is 8. The predicted molar refractivity (Wildman–Crippen MR) is 81.3 cm³/mol. The summed E-state index contributed by atoms with van der Waals surface area (Å²) in [6, 6.07) is 5.88. The number of nitrogens with one attached hydrogen (secondary N) is 1. The lowest BCUT2D eigenvalue weighted by molar-refractivity contribution is 0.0586. The van der Waals surface area contributed by atoms with E-state index in [9.17, 15) is 5.11 Å². The van der Waals surface area contributed by atoms with E-state index in [2.05, 4.69) is 19.2 Å². The van der Waals surface area contributed by atoms with Crippen molar-refractivity contribution in [2.24, 2.45) is 5.92 Å². The van der Waals surface area contributed by atoms with Gasteiger partial charge >= 0.3 is 0 Å². The summed E-state index contributed by atoms with van der Waals surface area (Å²) >= 11 is 0. The molecule has 0 aromatic heterocycles. The summed E-state index contributed by atoms with van der Waals surface area (Å²) in [5.74, 6) is 1.98. The summed E-state index contributed by atoms with van der Waals surface area (Å²) in [7, 11) is 1.62. The van der Waals surface area contributed by atoms with Gasteiger partial charge in [0.15, 0.2) is 11.5 Å². The van der Waals surface area contributed by atoms with E-state index in [1.807, 2.05) is 25.1 Å². The molecule has 0 bridgehead atoms. The topological polar surface area (TPSA) is 50.7 Å². The van der Waals surface area contributed by atoms with Gasteiger partial charge in [-0.05, 0) is 44.0 Å². The van der Waals surface area contributed by atoms with Crippen LogP contribution in [0.3, 0.4) is 0 Å². The van der Waals surface area contributed by atoms with Gasteiger partial charge in [-0.1, -0.05) is 19.9 Å². The van der Waals surface area contributed by atoms with Crippen LogP contribution in [0.25, 0.3) is 0 Å². The first kappa shape index (κ1) is 16.8. The maximum atomic E-state index is 9.54. The fourth-order valence-electron chi connectivity index (χ4n) is 1.73. The van der Waals surface area contributed by atoms with Gasteiger partial charge < -0.3 is 19.9 Å². The molecule has 0 aliphatic carbocycles. The molecule has 0 saturated carbocycles. The quantitative estimate of drug-likeness (QED) is 0.769. The molecule has 114 valence electrons. The van der Waals surface area contributed by atoms with Gasteiger partial charge in [0.1, 0.15) is 6.10 Å². The van der Waals surface area contributed by atoms with Crippen molar-refractivity contribution < 1.29 is 14.6 Å². The van der Waals surface area contributed by atoms with E-state index in [0.29, 0.717) is 17.4 Å². The lowest BCUT2D eigenvalue weighted by atomic mass is 10.1. The minimum Gasteiger partial charge on any atom is -0.493 e. The molecule has 2 unspecified atom stereocenters. The molecule has 0 amide bonds. The van der Waals surface area contributed by atoms with Crippen molar-refractivity contribution in [3.05, 3.63) is 23.8 Å². The van der Waals surface area contributed by atoms with Crippen molar-refractivity contribution >= 4 is 0 Å². The first-order valence-corrected chi connectivity index (χ1v) is 7.16. The maximum absolute atomic E-state index is 9.54. The Morgan fingerprint density at radius 2 is 1.85 bits per heavy atom. The summed E-state index contributed by atoms with van der Waals surface area (Å²) in [6.07, 6.45) is -0.801. The Morgan fingerprint density at radius 1 is 1.15 bits per heavy atom. The van der Waals surface area contributed by atoms with E-state index in [4.69, 9.17) is 9.47 Å². The zero-order chi connectivity index (χ0) is 15.1. The maximum Gasteiger partial charge on any atom is 0.162 e. The Labute approximate surface area is 122 Å². The highest BCUT2D eigenvalue weighted by Gasteiger charge is 2.14. The summed E-state index contributed by atoms with van der Waals surface area (Å²) < 4.78 is 11.1. The van der Waals surface area contributed by atoms with Gasteiger partial charge in [-0.2, -0.15) is 0 Å². The van der Waals surface area contributed by atoms with Crippen molar-refractivity contribution in [3.8, 4) is 11.5 Å². The third-order valence-electron chi connectivity index (χ3n) is 3.10. The molecule has 0 aliphatic heterocycles. The standard InChI is InChI=1S/C16H27NO3/c1-11(2)9-17-10-14-6-7-15(19-5)16(8-14)20-13(4)12(3)18/h6-8,11-13,17-18H,9-10H2,1-5H3. The second-order valence-electron chi connectivity index (χ2n) is 5.57. The molecule has 0 heterocycles. The third kappa shape index (κ3) is 5.39. The number of methoxy groups -OCH3 is 1. The smallest absolute Gasteiger partial charge is 0.162 e. The average Bonchev–Trinajstić information content (AvgIpc) is 2.38. The van der Waals surface area contributed by atoms with Crippen molar-refractivity contribution in [3.63, 3.8) is 0 Å². The van der Waals surface area contributed by atoms with E-state index in [-0.39, 0.29) is 6.10 Å². The van der Waals surface area contributed by atoms with Crippen molar-refractivity contribution in [2.45, 2.75) is 46.4 Å². The Balaban J connectivity index is 2.74. The molecule has 2 N–H and O–H groups in total. The largest absolute Gasteiger partial charge is 0.493 e. The summed E-state index contributed by atoms with van der Waals surface area (Å²) in [6.45, 7) is 9.69. The molecule has 0 radical (unpaired) electrons. The van der Waals surface area contributed by atoms with Crippen LogP contribution in [0.5, 0.6) is 11.5 Å². The van der Waals surface area contributed by atoms with Crippen molar-refractivity contribution in [1.29, 1.82) is 0 Å². The Bertz CT molecular complexity index is 405. The first-order valence-electron chi connectivity index (χ1n) is 7.16. The van der Waals surface area contributed by atoms with Crippen molar-refractivity contribution in [2.75, 3.05) is 13.7 Å². The van der Waals surface area contributed by atoms with Crippen LogP contribution < -0.4 is 14.8 Å². The Morgan fingerprint density at radius 3 is 2.40 bits per heavy atom. The van der Waals surface area contributed by atoms with Gasteiger partial charge in [-0.15, -0.1) is 0 Å². The van der Waals surface area contributed by atoms with Gasteiger partial charge in [-0.3, -0.25) is 0 Å². The number of aliphatic hydroxyl groups excluding tert-OH is 1. The van der Waals surface area contributed by atoms with Crippen LogP contribution in [0.15, 0.2) is 18.2 Å². The van der Waals surface area contributed by atoms with Crippen LogP contribution >= 0.6 is 0 Å². The third-order valence-corrected chi connectivity index (χ3v) is 3.10. The van der Waals surface area contributed by atoms with Gasteiger partial charge in [0.05, 0.1) is 13.2 Å². The molecule has 1 aromatic rings. The van der Waals surface area contributed by atoms with Crippen molar-refractivity contribution in [1.82, 2.24) is 5.32 Å². The van der Waals surface area contributed by atoms with Crippen LogP contribution in [0.1, 0.15) is 33.3 Å². The average molecular weight is 281 g/mol. The second kappa shape index (κ2) is 8.12. The number of aliphatic hydroxyl groups is 1. The predicted octanol–water partition coefficient (Wildman–Crippen LogP) is 2.59. The van der Waals surface area contributed by atoms with E-state index in [1.54, 1.807) is 14.0 Å². The van der Waals surface area contributed by atoms with Crippen LogP contribution in [-0.4, -0.2) is 31.0 Å². The normalized spacial score (nSPS) is 14.2. The SMILES string of the molecule is COc1ccc(CNCC(C)C)cc1OC(C)C(C)O.